The van der Waals surface area contributed by atoms with Crippen LogP contribution >= 0.6 is 0 Å². The second kappa shape index (κ2) is 7.12. The number of carboxylic acid groups (broad SMARTS) is 1. The van der Waals surface area contributed by atoms with E-state index in [9.17, 15) is 4.79 Å². The van der Waals surface area contributed by atoms with Crippen molar-refractivity contribution in [2.75, 3.05) is 18.0 Å². The number of rotatable bonds is 7. The van der Waals surface area contributed by atoms with E-state index in [0.29, 0.717) is 11.5 Å². The van der Waals surface area contributed by atoms with Gasteiger partial charge in [-0.15, -0.1) is 0 Å². The number of hydrogen-bond donors (Lipinski definition) is 1. The summed E-state index contributed by atoms with van der Waals surface area (Å²) in [7, 11) is 0. The maximum absolute atomic E-state index is 11.1. The van der Waals surface area contributed by atoms with Gasteiger partial charge >= 0.3 is 5.97 Å². The van der Waals surface area contributed by atoms with E-state index in [1.54, 1.807) is 12.1 Å². The van der Waals surface area contributed by atoms with Crippen molar-refractivity contribution >= 4 is 11.8 Å². The van der Waals surface area contributed by atoms with Gasteiger partial charge in [-0.1, -0.05) is 26.7 Å². The fraction of sp³-hybridized carbons (Fsp3) is 0.600. The fourth-order valence-electron chi connectivity index (χ4n) is 2.18. The number of anilines is 1. The van der Waals surface area contributed by atoms with Crippen molar-refractivity contribution in [2.45, 2.75) is 40.5 Å². The molecule has 0 atom stereocenters. The first-order valence-corrected chi connectivity index (χ1v) is 6.98. The molecule has 1 N–H and O–H groups in total. The summed E-state index contributed by atoms with van der Waals surface area (Å²) in [6, 6.07) is 3.28. The molecule has 1 aromatic heterocycles. The van der Waals surface area contributed by atoms with E-state index in [0.717, 1.165) is 37.4 Å². The molecule has 0 spiro atoms. The van der Waals surface area contributed by atoms with Crippen LogP contribution in [0.3, 0.4) is 0 Å². The van der Waals surface area contributed by atoms with Crippen molar-refractivity contribution < 1.29 is 9.90 Å². The Morgan fingerprint density at radius 1 is 1.32 bits per heavy atom. The molecule has 19 heavy (non-hydrogen) atoms. The van der Waals surface area contributed by atoms with E-state index in [1.807, 2.05) is 6.92 Å². The van der Waals surface area contributed by atoms with Crippen LogP contribution in [0.15, 0.2) is 12.1 Å². The fourth-order valence-corrected chi connectivity index (χ4v) is 2.18. The molecule has 0 saturated carbocycles. The van der Waals surface area contributed by atoms with E-state index in [2.05, 4.69) is 30.7 Å². The molecule has 1 heterocycles. The van der Waals surface area contributed by atoms with Crippen LogP contribution in [0.2, 0.25) is 0 Å². The zero-order chi connectivity index (χ0) is 14.4. The highest BCUT2D eigenvalue weighted by atomic mass is 16.4. The summed E-state index contributed by atoms with van der Waals surface area (Å²) in [5.41, 5.74) is 1.06. The minimum Gasteiger partial charge on any atom is -0.478 e. The standard InChI is InChI=1S/C15H24N2O2/c1-5-12(6-2)10-17(7-3)14-9-13(15(18)19)8-11(4)16-14/h8-9,12H,5-7,10H2,1-4H3,(H,18,19). The summed E-state index contributed by atoms with van der Waals surface area (Å²) in [6.45, 7) is 10.1. The second-order valence-corrected chi connectivity index (χ2v) is 4.88. The van der Waals surface area contributed by atoms with E-state index in [1.165, 1.54) is 0 Å². The Balaban J connectivity index is 3.00. The summed E-state index contributed by atoms with van der Waals surface area (Å²) in [5.74, 6) is 0.493. The number of aromatic carboxylic acids is 1. The predicted molar refractivity (Wildman–Crippen MR) is 77.9 cm³/mol. The lowest BCUT2D eigenvalue weighted by molar-refractivity contribution is 0.0696. The molecule has 0 saturated heterocycles. The van der Waals surface area contributed by atoms with Crippen LogP contribution in [0.5, 0.6) is 0 Å². The van der Waals surface area contributed by atoms with Crippen molar-refractivity contribution in [3.8, 4) is 0 Å². The Bertz CT molecular complexity index is 428. The van der Waals surface area contributed by atoms with Gasteiger partial charge in [-0.3, -0.25) is 0 Å². The minimum absolute atomic E-state index is 0.311. The van der Waals surface area contributed by atoms with Crippen LogP contribution < -0.4 is 4.90 Å². The SMILES string of the molecule is CCC(CC)CN(CC)c1cc(C(=O)O)cc(C)n1. The molecule has 1 rings (SSSR count). The van der Waals surface area contributed by atoms with E-state index in [4.69, 9.17) is 5.11 Å². The number of nitrogens with zero attached hydrogens (tertiary/aromatic N) is 2. The van der Waals surface area contributed by atoms with Crippen molar-refractivity contribution in [3.63, 3.8) is 0 Å². The lowest BCUT2D eigenvalue weighted by atomic mass is 10.0. The molecule has 106 valence electrons. The van der Waals surface area contributed by atoms with E-state index < -0.39 is 5.97 Å². The lowest BCUT2D eigenvalue weighted by Crippen LogP contribution is -2.30. The maximum atomic E-state index is 11.1. The molecule has 0 unspecified atom stereocenters. The first kappa shape index (κ1) is 15.5. The molecule has 0 bridgehead atoms. The highest BCUT2D eigenvalue weighted by Gasteiger charge is 2.14. The van der Waals surface area contributed by atoms with Crippen LogP contribution in [0.1, 0.15) is 49.7 Å². The molecule has 0 fully saturated rings. The van der Waals surface area contributed by atoms with Gasteiger partial charge < -0.3 is 10.0 Å². The van der Waals surface area contributed by atoms with Gasteiger partial charge in [-0.2, -0.15) is 0 Å². The molecular weight excluding hydrogens is 240 g/mol. The van der Waals surface area contributed by atoms with Crippen molar-refractivity contribution in [1.29, 1.82) is 0 Å². The topological polar surface area (TPSA) is 53.4 Å². The zero-order valence-corrected chi connectivity index (χ0v) is 12.3. The highest BCUT2D eigenvalue weighted by Crippen LogP contribution is 2.18. The number of carboxylic acids is 1. The minimum atomic E-state index is -0.898. The van der Waals surface area contributed by atoms with Gasteiger partial charge in [-0.25, -0.2) is 9.78 Å². The quantitative estimate of drug-likeness (QED) is 0.820. The monoisotopic (exact) mass is 264 g/mol. The Kier molecular flexibility index (Phi) is 5.80. The average Bonchev–Trinajstić information content (AvgIpc) is 2.39. The van der Waals surface area contributed by atoms with E-state index >= 15 is 0 Å². The summed E-state index contributed by atoms with van der Waals surface area (Å²) in [6.07, 6.45) is 2.26. The van der Waals surface area contributed by atoms with Crippen molar-refractivity contribution in [2.24, 2.45) is 5.92 Å². The highest BCUT2D eigenvalue weighted by molar-refractivity contribution is 5.88. The van der Waals surface area contributed by atoms with Crippen molar-refractivity contribution in [1.82, 2.24) is 4.98 Å². The third-order valence-corrected chi connectivity index (χ3v) is 3.53. The summed E-state index contributed by atoms with van der Waals surface area (Å²) in [5, 5.41) is 9.12. The normalized spacial score (nSPS) is 10.8. The zero-order valence-electron chi connectivity index (χ0n) is 12.3. The third-order valence-electron chi connectivity index (χ3n) is 3.53. The largest absolute Gasteiger partial charge is 0.478 e. The predicted octanol–water partition coefficient (Wildman–Crippen LogP) is 3.35. The lowest BCUT2D eigenvalue weighted by Gasteiger charge is -2.27. The molecule has 0 radical (unpaired) electrons. The summed E-state index contributed by atoms with van der Waals surface area (Å²) >= 11 is 0. The van der Waals surface area contributed by atoms with E-state index in [-0.39, 0.29) is 0 Å². The number of pyridine rings is 1. The first-order chi connectivity index (χ1) is 9.01. The maximum Gasteiger partial charge on any atom is 0.335 e. The summed E-state index contributed by atoms with van der Waals surface area (Å²) in [4.78, 5) is 17.7. The van der Waals surface area contributed by atoms with Gasteiger partial charge in [0.2, 0.25) is 0 Å². The van der Waals surface area contributed by atoms with Crippen LogP contribution in [-0.4, -0.2) is 29.1 Å². The molecule has 4 nitrogen and oxygen atoms in total. The first-order valence-electron chi connectivity index (χ1n) is 6.98. The van der Waals surface area contributed by atoms with Crippen LogP contribution in [0, 0.1) is 12.8 Å². The third kappa shape index (κ3) is 4.23. The summed E-state index contributed by atoms with van der Waals surface area (Å²) < 4.78 is 0. The molecule has 0 aliphatic carbocycles. The smallest absolute Gasteiger partial charge is 0.335 e. The Morgan fingerprint density at radius 3 is 2.42 bits per heavy atom. The van der Waals surface area contributed by atoms with Crippen LogP contribution in [-0.2, 0) is 0 Å². The molecule has 1 aromatic rings. The van der Waals surface area contributed by atoms with Gasteiger partial charge in [-0.05, 0) is 31.9 Å². The second-order valence-electron chi connectivity index (χ2n) is 4.88. The average molecular weight is 264 g/mol. The molecule has 0 aromatic carbocycles. The number of aryl methyl sites for hydroxylation is 1. The van der Waals surface area contributed by atoms with Crippen LogP contribution in [0.4, 0.5) is 5.82 Å². The molecule has 0 aliphatic heterocycles. The Hall–Kier alpha value is -1.58. The molecular formula is C15H24N2O2. The van der Waals surface area contributed by atoms with Gasteiger partial charge in [0.25, 0.3) is 0 Å². The van der Waals surface area contributed by atoms with Gasteiger partial charge in [0.05, 0.1) is 5.56 Å². The molecule has 0 amide bonds. The number of aromatic nitrogens is 1. The van der Waals surface area contributed by atoms with Gasteiger partial charge in [0.15, 0.2) is 0 Å². The number of carbonyl (C=O) groups is 1. The van der Waals surface area contributed by atoms with Crippen molar-refractivity contribution in [3.05, 3.63) is 23.4 Å². The molecule has 0 aliphatic rings. The van der Waals surface area contributed by atoms with Gasteiger partial charge in [0.1, 0.15) is 5.82 Å². The molecule has 4 heteroatoms. The Morgan fingerprint density at radius 2 is 1.95 bits per heavy atom. The Labute approximate surface area is 115 Å². The number of hydrogen-bond acceptors (Lipinski definition) is 3. The van der Waals surface area contributed by atoms with Crippen LogP contribution in [0.25, 0.3) is 0 Å². The van der Waals surface area contributed by atoms with Gasteiger partial charge in [0, 0.05) is 18.8 Å².